The SMILES string of the molecule is CC(C)N(CC(=O)CN)C(=O)OC(C)(C)C. The quantitative estimate of drug-likeness (QED) is 0.786. The maximum Gasteiger partial charge on any atom is 0.410 e. The maximum absolute atomic E-state index is 11.8. The van der Waals surface area contributed by atoms with E-state index in [1.807, 2.05) is 13.8 Å². The largest absolute Gasteiger partial charge is 0.444 e. The Kier molecular flexibility index (Phi) is 5.44. The molecule has 0 aromatic carbocycles. The van der Waals surface area contributed by atoms with Crippen molar-refractivity contribution in [3.63, 3.8) is 0 Å². The van der Waals surface area contributed by atoms with Crippen molar-refractivity contribution in [2.75, 3.05) is 13.1 Å². The molecule has 0 radical (unpaired) electrons. The van der Waals surface area contributed by atoms with Gasteiger partial charge in [0.15, 0.2) is 5.78 Å². The molecular weight excluding hydrogens is 208 g/mol. The molecule has 0 spiro atoms. The zero-order valence-corrected chi connectivity index (χ0v) is 10.7. The van der Waals surface area contributed by atoms with E-state index in [-0.39, 0.29) is 24.9 Å². The van der Waals surface area contributed by atoms with Crippen LogP contribution in [0, 0.1) is 0 Å². The lowest BCUT2D eigenvalue weighted by atomic mass is 10.2. The van der Waals surface area contributed by atoms with Crippen molar-refractivity contribution in [1.29, 1.82) is 0 Å². The number of amides is 1. The predicted octanol–water partition coefficient (Wildman–Crippen LogP) is 1.16. The summed E-state index contributed by atoms with van der Waals surface area (Å²) in [6, 6.07) is -0.0923. The van der Waals surface area contributed by atoms with Crippen LogP contribution in [0.3, 0.4) is 0 Å². The Hall–Kier alpha value is -1.10. The van der Waals surface area contributed by atoms with Gasteiger partial charge < -0.3 is 10.5 Å². The van der Waals surface area contributed by atoms with Gasteiger partial charge in [0.05, 0.1) is 13.1 Å². The van der Waals surface area contributed by atoms with Gasteiger partial charge in [-0.05, 0) is 34.6 Å². The summed E-state index contributed by atoms with van der Waals surface area (Å²) in [6.07, 6.45) is -0.482. The van der Waals surface area contributed by atoms with Crippen LogP contribution in [0.15, 0.2) is 0 Å². The third kappa shape index (κ3) is 5.70. The number of nitrogens with two attached hydrogens (primary N) is 1. The number of ether oxygens (including phenoxy) is 1. The van der Waals surface area contributed by atoms with Crippen molar-refractivity contribution in [2.24, 2.45) is 5.73 Å². The first kappa shape index (κ1) is 14.9. The minimum absolute atomic E-state index is 0.00306. The van der Waals surface area contributed by atoms with Crippen molar-refractivity contribution in [3.05, 3.63) is 0 Å². The molecule has 0 heterocycles. The first-order chi connectivity index (χ1) is 7.17. The van der Waals surface area contributed by atoms with E-state index in [0.717, 1.165) is 0 Å². The van der Waals surface area contributed by atoms with Gasteiger partial charge in [-0.25, -0.2) is 4.79 Å². The van der Waals surface area contributed by atoms with Crippen LogP contribution in [0.2, 0.25) is 0 Å². The maximum atomic E-state index is 11.8. The fourth-order valence-corrected chi connectivity index (χ4v) is 1.03. The summed E-state index contributed by atoms with van der Waals surface area (Å²) in [5.41, 5.74) is 4.66. The Balaban J connectivity index is 4.54. The molecule has 5 heteroatoms. The molecule has 0 aromatic rings. The van der Waals surface area contributed by atoms with Gasteiger partial charge in [0.2, 0.25) is 0 Å². The molecule has 0 saturated carbocycles. The van der Waals surface area contributed by atoms with Gasteiger partial charge in [-0.3, -0.25) is 9.69 Å². The summed E-state index contributed by atoms with van der Waals surface area (Å²) in [6.45, 7) is 8.95. The molecule has 0 saturated heterocycles. The van der Waals surface area contributed by atoms with E-state index < -0.39 is 11.7 Å². The normalized spacial score (nSPS) is 11.4. The Morgan fingerprint density at radius 3 is 2.12 bits per heavy atom. The molecule has 0 rings (SSSR count). The van der Waals surface area contributed by atoms with Crippen molar-refractivity contribution in [3.8, 4) is 0 Å². The third-order valence-corrected chi connectivity index (χ3v) is 1.83. The highest BCUT2D eigenvalue weighted by Gasteiger charge is 2.25. The van der Waals surface area contributed by atoms with E-state index in [4.69, 9.17) is 10.5 Å². The monoisotopic (exact) mass is 230 g/mol. The molecule has 1 amide bonds. The molecule has 0 aliphatic rings. The number of rotatable bonds is 4. The van der Waals surface area contributed by atoms with E-state index in [1.165, 1.54) is 4.90 Å². The topological polar surface area (TPSA) is 72.6 Å². The van der Waals surface area contributed by atoms with Crippen LogP contribution in [0.1, 0.15) is 34.6 Å². The number of carbonyl (C=O) groups excluding carboxylic acids is 2. The summed E-state index contributed by atoms with van der Waals surface area (Å²) in [5, 5.41) is 0. The first-order valence-electron chi connectivity index (χ1n) is 5.38. The second-order valence-electron chi connectivity index (χ2n) is 4.94. The van der Waals surface area contributed by atoms with Crippen LogP contribution in [0.25, 0.3) is 0 Å². The van der Waals surface area contributed by atoms with Crippen molar-refractivity contribution >= 4 is 11.9 Å². The molecule has 0 atom stereocenters. The lowest BCUT2D eigenvalue weighted by molar-refractivity contribution is -0.119. The van der Waals surface area contributed by atoms with Crippen LogP contribution in [-0.2, 0) is 9.53 Å². The van der Waals surface area contributed by atoms with E-state index >= 15 is 0 Å². The van der Waals surface area contributed by atoms with E-state index in [0.29, 0.717) is 0 Å². The number of hydrogen-bond acceptors (Lipinski definition) is 4. The average molecular weight is 230 g/mol. The summed E-state index contributed by atoms with van der Waals surface area (Å²) in [4.78, 5) is 24.4. The van der Waals surface area contributed by atoms with Crippen LogP contribution in [0.5, 0.6) is 0 Å². The predicted molar refractivity (Wildman–Crippen MR) is 62.1 cm³/mol. The van der Waals surface area contributed by atoms with Gasteiger partial charge in [-0.15, -0.1) is 0 Å². The Morgan fingerprint density at radius 2 is 1.81 bits per heavy atom. The second kappa shape index (κ2) is 5.84. The van der Waals surface area contributed by atoms with Gasteiger partial charge in [0.25, 0.3) is 0 Å². The fraction of sp³-hybridized carbons (Fsp3) is 0.818. The zero-order valence-electron chi connectivity index (χ0n) is 10.7. The summed E-state index contributed by atoms with van der Waals surface area (Å²) >= 11 is 0. The fourth-order valence-electron chi connectivity index (χ4n) is 1.03. The summed E-state index contributed by atoms with van der Waals surface area (Å²) < 4.78 is 5.20. The van der Waals surface area contributed by atoms with E-state index in [2.05, 4.69) is 0 Å². The second-order valence-corrected chi connectivity index (χ2v) is 4.94. The minimum Gasteiger partial charge on any atom is -0.444 e. The number of ketones is 1. The lowest BCUT2D eigenvalue weighted by Crippen LogP contribution is -2.44. The van der Waals surface area contributed by atoms with Gasteiger partial charge in [-0.2, -0.15) is 0 Å². The molecule has 0 bridgehead atoms. The highest BCUT2D eigenvalue weighted by atomic mass is 16.6. The number of nitrogens with zero attached hydrogens (tertiary/aromatic N) is 1. The molecule has 16 heavy (non-hydrogen) atoms. The van der Waals surface area contributed by atoms with Gasteiger partial charge in [0.1, 0.15) is 5.60 Å². The number of carbonyl (C=O) groups is 2. The van der Waals surface area contributed by atoms with Gasteiger partial charge >= 0.3 is 6.09 Å². The van der Waals surface area contributed by atoms with Gasteiger partial charge in [0, 0.05) is 6.04 Å². The first-order valence-corrected chi connectivity index (χ1v) is 5.38. The molecular formula is C11H22N2O3. The standard InChI is InChI=1S/C11H22N2O3/c1-8(2)13(7-9(14)6-12)10(15)16-11(3,4)5/h8H,6-7,12H2,1-5H3. The Morgan fingerprint density at radius 1 is 1.31 bits per heavy atom. The van der Waals surface area contributed by atoms with Crippen LogP contribution in [-0.4, -0.2) is 41.5 Å². The summed E-state index contributed by atoms with van der Waals surface area (Å²) in [7, 11) is 0. The van der Waals surface area contributed by atoms with Crippen LogP contribution < -0.4 is 5.73 Å². The molecule has 0 aromatic heterocycles. The molecule has 2 N–H and O–H groups in total. The summed E-state index contributed by atoms with van der Waals surface area (Å²) in [5.74, 6) is -0.181. The number of Topliss-reactive ketones (excluding diaryl/α,β-unsaturated/α-hetero) is 1. The van der Waals surface area contributed by atoms with Crippen molar-refractivity contribution < 1.29 is 14.3 Å². The lowest BCUT2D eigenvalue weighted by Gasteiger charge is -2.29. The molecule has 0 fully saturated rings. The smallest absolute Gasteiger partial charge is 0.410 e. The Labute approximate surface area is 96.9 Å². The highest BCUT2D eigenvalue weighted by molar-refractivity contribution is 5.85. The third-order valence-electron chi connectivity index (χ3n) is 1.83. The minimum atomic E-state index is -0.560. The van der Waals surface area contributed by atoms with Crippen LogP contribution >= 0.6 is 0 Å². The van der Waals surface area contributed by atoms with E-state index in [9.17, 15) is 9.59 Å². The van der Waals surface area contributed by atoms with E-state index in [1.54, 1.807) is 20.8 Å². The molecule has 5 nitrogen and oxygen atoms in total. The molecule has 0 aliphatic heterocycles. The van der Waals surface area contributed by atoms with Crippen molar-refractivity contribution in [2.45, 2.75) is 46.3 Å². The average Bonchev–Trinajstić information content (AvgIpc) is 2.09. The molecule has 0 unspecified atom stereocenters. The highest BCUT2D eigenvalue weighted by Crippen LogP contribution is 2.11. The van der Waals surface area contributed by atoms with Gasteiger partial charge in [-0.1, -0.05) is 0 Å². The Bertz CT molecular complexity index is 256. The zero-order chi connectivity index (χ0) is 12.9. The molecule has 94 valence electrons. The van der Waals surface area contributed by atoms with Crippen LogP contribution in [0.4, 0.5) is 4.79 Å². The van der Waals surface area contributed by atoms with Crippen molar-refractivity contribution in [1.82, 2.24) is 4.90 Å². The molecule has 0 aliphatic carbocycles. The number of hydrogen-bond donors (Lipinski definition) is 1.